The van der Waals surface area contributed by atoms with Gasteiger partial charge in [0.05, 0.1) is 0 Å². The molecule has 0 spiro atoms. The van der Waals surface area contributed by atoms with Crippen molar-refractivity contribution in [2.45, 2.75) is 6.92 Å². The summed E-state index contributed by atoms with van der Waals surface area (Å²) in [6, 6.07) is 0. The molecule has 0 unspecified atom stereocenters. The first-order valence-electron chi connectivity index (χ1n) is 2.52. The fourth-order valence-corrected chi connectivity index (χ4v) is 0.393. The maximum Gasteiger partial charge on any atom is -0.00565 e. The van der Waals surface area contributed by atoms with Gasteiger partial charge in [-0.3, -0.25) is 0 Å². The third-order valence-electron chi connectivity index (χ3n) is 0.858. The lowest BCUT2D eigenvalue weighted by Crippen LogP contribution is -1.76. The van der Waals surface area contributed by atoms with E-state index in [-0.39, 0.29) is 0 Å². The molecule has 0 heterocycles. The van der Waals surface area contributed by atoms with E-state index >= 15 is 0 Å². The van der Waals surface area contributed by atoms with Crippen molar-refractivity contribution in [2.75, 3.05) is 0 Å². The van der Waals surface area contributed by atoms with Crippen LogP contribution in [0.2, 0.25) is 0 Å². The fourth-order valence-electron chi connectivity index (χ4n) is 0.393. The molecule has 1 heteroatoms. The minimum atomic E-state index is 1.05. The van der Waals surface area contributed by atoms with Gasteiger partial charge in [0.15, 0.2) is 0 Å². The van der Waals surface area contributed by atoms with Crippen molar-refractivity contribution in [3.05, 3.63) is 36.6 Å². The Labute approximate surface area is 50.2 Å². The number of allylic oxidation sites excluding steroid dienone is 4. The van der Waals surface area contributed by atoms with Crippen LogP contribution in [0.15, 0.2) is 36.6 Å². The lowest BCUT2D eigenvalue weighted by molar-refractivity contribution is 1.54. The number of hydrogen-bond donors (Lipinski definition) is 1. The van der Waals surface area contributed by atoms with E-state index in [1.807, 2.05) is 13.0 Å². The summed E-state index contributed by atoms with van der Waals surface area (Å²) in [5.41, 5.74) is 6.16. The zero-order valence-electron chi connectivity index (χ0n) is 5.09. The van der Waals surface area contributed by atoms with Crippen LogP contribution in [-0.4, -0.2) is 0 Å². The van der Waals surface area contributed by atoms with Gasteiger partial charge < -0.3 is 5.73 Å². The van der Waals surface area contributed by atoms with Crippen LogP contribution in [0.5, 0.6) is 0 Å². The number of rotatable bonds is 2. The number of nitrogens with two attached hydrogens (primary N) is 1. The Morgan fingerprint density at radius 3 is 2.38 bits per heavy atom. The maximum atomic E-state index is 5.11. The SMILES string of the molecule is C=CC(/C=C\N)=C/C. The van der Waals surface area contributed by atoms with Crippen LogP contribution in [0.1, 0.15) is 6.92 Å². The topological polar surface area (TPSA) is 26.0 Å². The van der Waals surface area contributed by atoms with Crippen molar-refractivity contribution < 1.29 is 0 Å². The first kappa shape index (κ1) is 7.02. The van der Waals surface area contributed by atoms with E-state index in [4.69, 9.17) is 5.73 Å². The third-order valence-corrected chi connectivity index (χ3v) is 0.858. The molecule has 0 rings (SSSR count). The highest BCUT2D eigenvalue weighted by Crippen LogP contribution is 1.94. The van der Waals surface area contributed by atoms with Crippen LogP contribution in [0.3, 0.4) is 0 Å². The normalized spacial score (nSPS) is 12.4. The molecule has 0 aromatic carbocycles. The molecule has 0 aliphatic carbocycles. The van der Waals surface area contributed by atoms with Crippen molar-refractivity contribution >= 4 is 0 Å². The standard InChI is InChI=1S/C7H11N/c1-3-7(4-2)5-6-8/h3-6H,1,8H2,2H3/b6-5-,7-4-. The van der Waals surface area contributed by atoms with E-state index < -0.39 is 0 Å². The predicted octanol–water partition coefficient (Wildman–Crippen LogP) is 1.59. The molecule has 0 aromatic rings. The Morgan fingerprint density at radius 1 is 1.62 bits per heavy atom. The van der Waals surface area contributed by atoms with Gasteiger partial charge in [-0.1, -0.05) is 18.7 Å². The smallest absolute Gasteiger partial charge is 0.00565 e. The van der Waals surface area contributed by atoms with Gasteiger partial charge >= 0.3 is 0 Å². The van der Waals surface area contributed by atoms with Crippen molar-refractivity contribution in [3.63, 3.8) is 0 Å². The summed E-state index contributed by atoms with van der Waals surface area (Å²) in [5, 5.41) is 0. The molecule has 0 amide bonds. The summed E-state index contributed by atoms with van der Waals surface area (Å²) in [4.78, 5) is 0. The van der Waals surface area contributed by atoms with Crippen LogP contribution < -0.4 is 5.73 Å². The number of hydrogen-bond acceptors (Lipinski definition) is 1. The average molecular weight is 109 g/mol. The van der Waals surface area contributed by atoms with Gasteiger partial charge in [0, 0.05) is 0 Å². The van der Waals surface area contributed by atoms with E-state index in [9.17, 15) is 0 Å². The minimum Gasteiger partial charge on any atom is -0.405 e. The molecule has 0 saturated heterocycles. The second-order valence-corrected chi connectivity index (χ2v) is 1.35. The summed E-state index contributed by atoms with van der Waals surface area (Å²) in [5.74, 6) is 0. The van der Waals surface area contributed by atoms with Gasteiger partial charge in [-0.2, -0.15) is 0 Å². The first-order chi connectivity index (χ1) is 3.85. The molecular formula is C7H11N. The van der Waals surface area contributed by atoms with Gasteiger partial charge in [-0.25, -0.2) is 0 Å². The molecule has 2 N–H and O–H groups in total. The lowest BCUT2D eigenvalue weighted by atomic mass is 10.2. The van der Waals surface area contributed by atoms with E-state index in [1.54, 1.807) is 12.2 Å². The monoisotopic (exact) mass is 109 g/mol. The molecule has 0 aliphatic heterocycles. The predicted molar refractivity (Wildman–Crippen MR) is 37.3 cm³/mol. The van der Waals surface area contributed by atoms with Crippen LogP contribution in [0.4, 0.5) is 0 Å². The zero-order valence-corrected chi connectivity index (χ0v) is 5.09. The van der Waals surface area contributed by atoms with Crippen molar-refractivity contribution in [3.8, 4) is 0 Å². The van der Waals surface area contributed by atoms with E-state index in [2.05, 4.69) is 6.58 Å². The zero-order chi connectivity index (χ0) is 6.41. The van der Waals surface area contributed by atoms with E-state index in [1.165, 1.54) is 6.20 Å². The molecule has 0 radical (unpaired) electrons. The van der Waals surface area contributed by atoms with E-state index in [0.717, 1.165) is 5.57 Å². The molecular weight excluding hydrogens is 98.1 g/mol. The van der Waals surface area contributed by atoms with Crippen molar-refractivity contribution in [1.82, 2.24) is 0 Å². The van der Waals surface area contributed by atoms with Crippen LogP contribution in [0, 0.1) is 0 Å². The van der Waals surface area contributed by atoms with Gasteiger partial charge in [0.2, 0.25) is 0 Å². The molecule has 0 atom stereocenters. The van der Waals surface area contributed by atoms with E-state index in [0.29, 0.717) is 0 Å². The van der Waals surface area contributed by atoms with Gasteiger partial charge in [0.1, 0.15) is 0 Å². The minimum absolute atomic E-state index is 1.05. The largest absolute Gasteiger partial charge is 0.405 e. The molecule has 0 fully saturated rings. The van der Waals surface area contributed by atoms with Crippen LogP contribution >= 0.6 is 0 Å². The third kappa shape index (κ3) is 2.24. The maximum absolute atomic E-state index is 5.11. The first-order valence-corrected chi connectivity index (χ1v) is 2.52. The van der Waals surface area contributed by atoms with Crippen molar-refractivity contribution in [2.24, 2.45) is 5.73 Å². The molecule has 1 nitrogen and oxygen atoms in total. The van der Waals surface area contributed by atoms with Crippen molar-refractivity contribution in [1.29, 1.82) is 0 Å². The summed E-state index contributed by atoms with van der Waals surface area (Å²) in [6.07, 6.45) is 6.99. The van der Waals surface area contributed by atoms with Gasteiger partial charge in [-0.15, -0.1) is 0 Å². The molecule has 0 bridgehead atoms. The van der Waals surface area contributed by atoms with Crippen LogP contribution in [0.25, 0.3) is 0 Å². The fraction of sp³-hybridized carbons (Fsp3) is 0.143. The van der Waals surface area contributed by atoms with Gasteiger partial charge in [-0.05, 0) is 24.8 Å². The second kappa shape index (κ2) is 4.19. The summed E-state index contributed by atoms with van der Waals surface area (Å²) < 4.78 is 0. The Morgan fingerprint density at radius 2 is 2.25 bits per heavy atom. The summed E-state index contributed by atoms with van der Waals surface area (Å²) >= 11 is 0. The lowest BCUT2D eigenvalue weighted by Gasteiger charge is -1.84. The Hall–Kier alpha value is -0.980. The quantitative estimate of drug-likeness (QED) is 0.535. The molecule has 0 aromatic heterocycles. The highest BCUT2D eigenvalue weighted by Gasteiger charge is 1.74. The average Bonchev–Trinajstić information content (AvgIpc) is 1.83. The molecule has 0 aliphatic rings. The summed E-state index contributed by atoms with van der Waals surface area (Å²) in [7, 11) is 0. The highest BCUT2D eigenvalue weighted by molar-refractivity contribution is 5.27. The molecule has 44 valence electrons. The molecule has 8 heavy (non-hydrogen) atoms. The second-order valence-electron chi connectivity index (χ2n) is 1.35. The highest BCUT2D eigenvalue weighted by atomic mass is 14.5. The van der Waals surface area contributed by atoms with Crippen LogP contribution in [-0.2, 0) is 0 Å². The summed E-state index contributed by atoms with van der Waals surface area (Å²) in [6.45, 7) is 5.52. The molecule has 0 saturated carbocycles. The van der Waals surface area contributed by atoms with Gasteiger partial charge in [0.25, 0.3) is 0 Å². The Bertz CT molecular complexity index is 120. The Kier molecular flexibility index (Phi) is 3.67. The Balaban J connectivity index is 3.91.